The Hall–Kier alpha value is -6.22. The Morgan fingerprint density at radius 2 is 1.00 bits per heavy atom. The molecule has 0 saturated carbocycles. The summed E-state index contributed by atoms with van der Waals surface area (Å²) in [4.78, 5) is 2.41. The van der Waals surface area contributed by atoms with Crippen LogP contribution in [-0.2, 0) is 5.41 Å². The molecule has 1 aliphatic rings. The molecule has 1 nitrogen and oxygen atoms in total. The van der Waals surface area contributed by atoms with E-state index in [2.05, 4.69) is 207 Å². The molecular weight excluding hydrogens is 659 g/mol. The fraction of sp³-hybridized carbons (Fsp3) is 0.0588. The molecule has 0 aliphatic heterocycles. The summed E-state index contributed by atoms with van der Waals surface area (Å²) in [5, 5.41) is 2.63. The summed E-state index contributed by atoms with van der Waals surface area (Å²) in [6, 6.07) is 69.0. The summed E-state index contributed by atoms with van der Waals surface area (Å²) >= 11 is 1.89. The van der Waals surface area contributed by atoms with Crippen molar-refractivity contribution in [2.75, 3.05) is 4.90 Å². The van der Waals surface area contributed by atoms with Gasteiger partial charge < -0.3 is 4.90 Å². The fourth-order valence-corrected chi connectivity index (χ4v) is 9.60. The number of nitrogens with zero attached hydrogens (tertiary/aromatic N) is 1. The quantitative estimate of drug-likeness (QED) is 0.167. The van der Waals surface area contributed by atoms with Crippen molar-refractivity contribution in [2.24, 2.45) is 0 Å². The second-order valence-electron chi connectivity index (χ2n) is 14.6. The van der Waals surface area contributed by atoms with Gasteiger partial charge in [0.2, 0.25) is 0 Å². The van der Waals surface area contributed by atoms with E-state index < -0.39 is 0 Å². The monoisotopic (exact) mass is 695 g/mol. The third-order valence-electron chi connectivity index (χ3n) is 11.1. The van der Waals surface area contributed by atoms with Gasteiger partial charge in [-0.15, -0.1) is 11.3 Å². The summed E-state index contributed by atoms with van der Waals surface area (Å²) < 4.78 is 2.66. The van der Waals surface area contributed by atoms with Crippen molar-refractivity contribution in [3.63, 3.8) is 0 Å². The van der Waals surface area contributed by atoms with Crippen molar-refractivity contribution < 1.29 is 0 Å². The van der Waals surface area contributed by atoms with Gasteiger partial charge in [-0.05, 0) is 105 Å². The molecular formula is C51H37NS. The average molecular weight is 696 g/mol. The molecule has 2 heteroatoms. The summed E-state index contributed by atoms with van der Waals surface area (Å²) in [5.41, 5.74) is 16.1. The Bertz CT molecular complexity index is 2790. The smallest absolute Gasteiger partial charge is 0.0468 e. The second kappa shape index (κ2) is 12.5. The van der Waals surface area contributed by atoms with Gasteiger partial charge in [-0.3, -0.25) is 0 Å². The minimum absolute atomic E-state index is 0.0440. The Morgan fingerprint density at radius 1 is 0.377 bits per heavy atom. The van der Waals surface area contributed by atoms with Gasteiger partial charge in [-0.1, -0.05) is 147 Å². The SMILES string of the molecule is CC1(C)c2ccccc2-c2cc(N(c3ccc(-c4cc(-c5ccccc5)c5sc6ccccc6c5c4)cc3)c3cccc(-c4ccccc4)c3)ccc21. The Labute approximate surface area is 315 Å². The van der Waals surface area contributed by atoms with Crippen molar-refractivity contribution in [2.45, 2.75) is 19.3 Å². The van der Waals surface area contributed by atoms with Crippen LogP contribution in [0.4, 0.5) is 17.1 Å². The van der Waals surface area contributed by atoms with Crippen LogP contribution in [0.2, 0.25) is 0 Å². The van der Waals surface area contributed by atoms with Crippen LogP contribution in [0.5, 0.6) is 0 Å². The lowest BCUT2D eigenvalue weighted by Crippen LogP contribution is -2.15. The van der Waals surface area contributed by atoms with Crippen LogP contribution < -0.4 is 4.90 Å². The summed E-state index contributed by atoms with van der Waals surface area (Å²) in [7, 11) is 0. The molecule has 0 bridgehead atoms. The minimum Gasteiger partial charge on any atom is -0.310 e. The first kappa shape index (κ1) is 31.5. The van der Waals surface area contributed by atoms with Crippen molar-refractivity contribution >= 4 is 48.6 Å². The topological polar surface area (TPSA) is 3.24 Å². The highest BCUT2D eigenvalue weighted by Gasteiger charge is 2.35. The summed E-state index contributed by atoms with van der Waals surface area (Å²) in [6.45, 7) is 4.69. The van der Waals surface area contributed by atoms with Crippen LogP contribution in [0, 0.1) is 0 Å². The van der Waals surface area contributed by atoms with Gasteiger partial charge in [-0.25, -0.2) is 0 Å². The minimum atomic E-state index is -0.0440. The molecule has 1 heterocycles. The maximum atomic E-state index is 2.41. The lowest BCUT2D eigenvalue weighted by Gasteiger charge is -2.28. The van der Waals surface area contributed by atoms with Gasteiger partial charge in [0.15, 0.2) is 0 Å². The van der Waals surface area contributed by atoms with E-state index in [-0.39, 0.29) is 5.41 Å². The molecule has 0 saturated heterocycles. The van der Waals surface area contributed by atoms with E-state index in [0.717, 1.165) is 17.1 Å². The number of hydrogen-bond donors (Lipinski definition) is 0. The van der Waals surface area contributed by atoms with Gasteiger partial charge >= 0.3 is 0 Å². The third-order valence-corrected chi connectivity index (χ3v) is 12.3. The predicted molar refractivity (Wildman–Crippen MR) is 228 cm³/mol. The standard InChI is InChI=1S/C51H37NS/c1-51(2)47-22-11-9-20-42(47)45-33-41(28-29-48(45)51)52(40-19-13-18-37(30-40)34-14-5-3-6-15-34)39-26-24-35(25-27-39)38-31-44(36-16-7-4-8-17-36)50-46(32-38)43-21-10-12-23-49(43)53-50/h3-33H,1-2H3. The largest absolute Gasteiger partial charge is 0.310 e. The average Bonchev–Trinajstić information content (AvgIpc) is 3.70. The van der Waals surface area contributed by atoms with Crippen molar-refractivity contribution in [1.29, 1.82) is 0 Å². The first-order chi connectivity index (χ1) is 26.0. The molecule has 0 atom stereocenters. The van der Waals surface area contributed by atoms with E-state index in [0.29, 0.717) is 0 Å². The lowest BCUT2D eigenvalue weighted by molar-refractivity contribution is 0.660. The van der Waals surface area contributed by atoms with Gasteiger partial charge in [0, 0.05) is 48.2 Å². The zero-order valence-corrected chi connectivity index (χ0v) is 30.6. The van der Waals surface area contributed by atoms with Crippen LogP contribution in [0.15, 0.2) is 188 Å². The molecule has 0 radical (unpaired) electrons. The van der Waals surface area contributed by atoms with Crippen LogP contribution in [0.1, 0.15) is 25.0 Å². The Morgan fingerprint density at radius 3 is 1.81 bits per heavy atom. The van der Waals surface area contributed by atoms with E-state index >= 15 is 0 Å². The molecule has 9 aromatic rings. The van der Waals surface area contributed by atoms with Gasteiger partial charge in [0.1, 0.15) is 0 Å². The molecule has 0 spiro atoms. The predicted octanol–water partition coefficient (Wildman–Crippen LogP) is 14.8. The zero-order valence-electron chi connectivity index (χ0n) is 29.8. The molecule has 1 aliphatic carbocycles. The summed E-state index contributed by atoms with van der Waals surface area (Å²) in [6.07, 6.45) is 0. The van der Waals surface area contributed by atoms with Crippen molar-refractivity contribution in [3.05, 3.63) is 199 Å². The summed E-state index contributed by atoms with van der Waals surface area (Å²) in [5.74, 6) is 0. The van der Waals surface area contributed by atoms with Crippen LogP contribution in [0.3, 0.4) is 0 Å². The zero-order chi connectivity index (χ0) is 35.5. The molecule has 0 amide bonds. The lowest BCUT2D eigenvalue weighted by atomic mass is 9.82. The van der Waals surface area contributed by atoms with E-state index in [1.54, 1.807) is 0 Å². The number of rotatable bonds is 6. The normalized spacial score (nSPS) is 12.9. The Kier molecular flexibility index (Phi) is 7.42. The van der Waals surface area contributed by atoms with E-state index in [1.807, 2.05) is 11.3 Å². The van der Waals surface area contributed by atoms with Crippen LogP contribution in [0.25, 0.3) is 64.7 Å². The van der Waals surface area contributed by atoms with E-state index in [4.69, 9.17) is 0 Å². The molecule has 8 aromatic carbocycles. The molecule has 252 valence electrons. The van der Waals surface area contributed by atoms with E-state index in [1.165, 1.54) is 75.8 Å². The molecule has 53 heavy (non-hydrogen) atoms. The maximum absolute atomic E-state index is 2.41. The maximum Gasteiger partial charge on any atom is 0.0468 e. The molecule has 0 N–H and O–H groups in total. The van der Waals surface area contributed by atoms with Gasteiger partial charge in [0.05, 0.1) is 0 Å². The molecule has 1 aromatic heterocycles. The van der Waals surface area contributed by atoms with Crippen LogP contribution >= 0.6 is 11.3 Å². The highest BCUT2D eigenvalue weighted by Crippen LogP contribution is 2.51. The highest BCUT2D eigenvalue weighted by atomic mass is 32.1. The second-order valence-corrected chi connectivity index (χ2v) is 15.6. The fourth-order valence-electron chi connectivity index (χ4n) is 8.38. The third kappa shape index (κ3) is 5.29. The number of thiophene rings is 1. The van der Waals surface area contributed by atoms with Crippen molar-refractivity contribution in [1.82, 2.24) is 0 Å². The van der Waals surface area contributed by atoms with E-state index in [9.17, 15) is 0 Å². The van der Waals surface area contributed by atoms with Gasteiger partial charge in [0.25, 0.3) is 0 Å². The number of fused-ring (bicyclic) bond motifs is 6. The van der Waals surface area contributed by atoms with Crippen LogP contribution in [-0.4, -0.2) is 0 Å². The molecule has 10 rings (SSSR count). The first-order valence-corrected chi connectivity index (χ1v) is 19.2. The molecule has 0 unspecified atom stereocenters. The highest BCUT2D eigenvalue weighted by molar-refractivity contribution is 7.26. The number of benzene rings is 8. The number of hydrogen-bond acceptors (Lipinski definition) is 2. The number of anilines is 3. The molecule has 0 fully saturated rings. The first-order valence-electron chi connectivity index (χ1n) is 18.3. The van der Waals surface area contributed by atoms with Gasteiger partial charge in [-0.2, -0.15) is 0 Å². The Balaban J connectivity index is 1.12. The van der Waals surface area contributed by atoms with Crippen molar-refractivity contribution in [3.8, 4) is 44.5 Å².